The number of hydrogen-bond donors (Lipinski definition) is 0. The third-order valence-electron chi connectivity index (χ3n) is 2.76. The maximum Gasteiger partial charge on any atom is 0.472 e. The van der Waals surface area contributed by atoms with Gasteiger partial charge in [-0.15, -0.1) is 0 Å². The van der Waals surface area contributed by atoms with Gasteiger partial charge in [0.1, 0.15) is 0 Å². The van der Waals surface area contributed by atoms with Gasteiger partial charge in [0.25, 0.3) is 0 Å². The summed E-state index contributed by atoms with van der Waals surface area (Å²) in [5, 5.41) is 0. The predicted octanol–water partition coefficient (Wildman–Crippen LogP) is 2.90. The number of ether oxygens (including phenoxy) is 2. The van der Waals surface area contributed by atoms with Crippen LogP contribution in [0.5, 0.6) is 0 Å². The van der Waals surface area contributed by atoms with Crippen LogP contribution in [0.3, 0.4) is 0 Å². The molecule has 0 radical (unpaired) electrons. The number of esters is 2. The largest absolute Gasteiger partial charge is 0.472 e. The molecule has 0 atom stereocenters. The molecule has 1 saturated heterocycles. The zero-order chi connectivity index (χ0) is 16.3. The van der Waals surface area contributed by atoms with Gasteiger partial charge in [-0.05, 0) is 12.8 Å². The lowest BCUT2D eigenvalue weighted by Gasteiger charge is -2.31. The van der Waals surface area contributed by atoms with Gasteiger partial charge in [0.2, 0.25) is 0 Å². The van der Waals surface area contributed by atoms with Crippen LogP contribution in [0.2, 0.25) is 0 Å². The molecule has 0 N–H and O–H groups in total. The van der Waals surface area contributed by atoms with Gasteiger partial charge in [-0.25, -0.2) is 0 Å². The number of alkyl halides is 6. The van der Waals surface area contributed by atoms with Gasteiger partial charge in [-0.1, -0.05) is 0 Å². The molecule has 1 heterocycles. The van der Waals surface area contributed by atoms with Gasteiger partial charge in [0, 0.05) is 12.8 Å². The van der Waals surface area contributed by atoms with Crippen molar-refractivity contribution in [2.45, 2.75) is 50.1 Å². The van der Waals surface area contributed by atoms with E-state index < -0.39 is 49.3 Å². The van der Waals surface area contributed by atoms with E-state index in [1.54, 1.807) is 0 Å². The minimum Gasteiger partial charge on any atom is -0.465 e. The van der Waals surface area contributed by atoms with E-state index in [9.17, 15) is 35.9 Å². The first-order valence-electron chi connectivity index (χ1n) is 6.00. The van der Waals surface area contributed by atoms with Gasteiger partial charge in [-0.3, -0.25) is 9.59 Å². The van der Waals surface area contributed by atoms with Crippen molar-refractivity contribution in [2.75, 3.05) is 6.61 Å². The highest BCUT2D eigenvalue weighted by Crippen LogP contribution is 2.48. The first kappa shape index (κ1) is 17.6. The second kappa shape index (κ2) is 6.10. The number of halogens is 6. The maximum atomic E-state index is 13.2. The Bertz CT molecular complexity index is 410. The number of hydrogen-bond acceptors (Lipinski definition) is 4. The minimum atomic E-state index is -5.92. The van der Waals surface area contributed by atoms with Crippen molar-refractivity contribution in [3.8, 4) is 0 Å². The fourth-order valence-corrected chi connectivity index (χ4v) is 1.53. The lowest BCUT2D eigenvalue weighted by molar-refractivity contribution is -0.386. The van der Waals surface area contributed by atoms with Crippen molar-refractivity contribution < 1.29 is 45.4 Å². The molecular weight excluding hydrogens is 310 g/mol. The van der Waals surface area contributed by atoms with Crippen molar-refractivity contribution >= 4 is 11.9 Å². The predicted molar refractivity (Wildman–Crippen MR) is 55.0 cm³/mol. The van der Waals surface area contributed by atoms with Gasteiger partial charge >= 0.3 is 29.9 Å². The number of carbonyl (C=O) groups is 2. The van der Waals surface area contributed by atoms with Crippen LogP contribution in [0.1, 0.15) is 32.1 Å². The van der Waals surface area contributed by atoms with Crippen molar-refractivity contribution in [1.82, 2.24) is 0 Å². The normalized spacial score (nSPS) is 26.6. The standard InChI is InChI=1S/C11H12F6O4/c12-9(13)5-6-20-7(18)3-1-2-4-8(19)21-11(16,17)10(9,14)15/h1-6H2. The van der Waals surface area contributed by atoms with Crippen molar-refractivity contribution in [3.05, 3.63) is 0 Å². The van der Waals surface area contributed by atoms with Gasteiger partial charge in [0.05, 0.1) is 13.0 Å². The zero-order valence-electron chi connectivity index (χ0n) is 10.6. The zero-order valence-corrected chi connectivity index (χ0v) is 10.6. The summed E-state index contributed by atoms with van der Waals surface area (Å²) in [6.45, 7) is -1.15. The number of cyclic esters (lactones) is 2. The summed E-state index contributed by atoms with van der Waals surface area (Å²) >= 11 is 0. The first-order valence-corrected chi connectivity index (χ1v) is 6.00. The topological polar surface area (TPSA) is 52.6 Å². The summed E-state index contributed by atoms with van der Waals surface area (Å²) in [5.41, 5.74) is 0. The van der Waals surface area contributed by atoms with E-state index in [1.165, 1.54) is 0 Å². The molecule has 0 aliphatic carbocycles. The summed E-state index contributed by atoms with van der Waals surface area (Å²) < 4.78 is 86.5. The quantitative estimate of drug-likeness (QED) is 0.508. The average Bonchev–Trinajstić information content (AvgIpc) is 2.32. The van der Waals surface area contributed by atoms with Crippen LogP contribution < -0.4 is 0 Å². The summed E-state index contributed by atoms with van der Waals surface area (Å²) in [7, 11) is 0. The van der Waals surface area contributed by atoms with E-state index in [-0.39, 0.29) is 19.3 Å². The Morgan fingerprint density at radius 3 is 1.95 bits per heavy atom. The molecule has 1 aliphatic heterocycles. The van der Waals surface area contributed by atoms with E-state index in [0.717, 1.165) is 0 Å². The molecule has 1 fully saturated rings. The van der Waals surface area contributed by atoms with Crippen LogP contribution in [-0.4, -0.2) is 36.5 Å². The van der Waals surface area contributed by atoms with Crippen LogP contribution in [0.25, 0.3) is 0 Å². The fraction of sp³-hybridized carbons (Fsp3) is 0.818. The van der Waals surface area contributed by atoms with E-state index in [4.69, 9.17) is 0 Å². The molecule has 0 unspecified atom stereocenters. The lowest BCUT2D eigenvalue weighted by atomic mass is 10.1. The molecule has 0 aromatic heterocycles. The molecule has 4 nitrogen and oxygen atoms in total. The highest BCUT2D eigenvalue weighted by atomic mass is 19.3. The lowest BCUT2D eigenvalue weighted by Crippen LogP contribution is -2.56. The number of rotatable bonds is 0. The van der Waals surface area contributed by atoms with Crippen LogP contribution in [0.4, 0.5) is 26.3 Å². The molecule has 1 aliphatic rings. The Labute approximate surface area is 115 Å². The molecule has 0 aromatic rings. The smallest absolute Gasteiger partial charge is 0.465 e. The second-order valence-electron chi connectivity index (χ2n) is 4.45. The third kappa shape index (κ3) is 4.01. The Kier molecular flexibility index (Phi) is 5.11. The highest BCUT2D eigenvalue weighted by Gasteiger charge is 2.74. The van der Waals surface area contributed by atoms with Gasteiger partial charge < -0.3 is 9.47 Å². The molecule has 122 valence electrons. The van der Waals surface area contributed by atoms with Crippen molar-refractivity contribution in [2.24, 2.45) is 0 Å². The molecule has 0 saturated carbocycles. The monoisotopic (exact) mass is 322 g/mol. The average molecular weight is 322 g/mol. The van der Waals surface area contributed by atoms with Crippen LogP contribution in [0, 0.1) is 0 Å². The summed E-state index contributed by atoms with van der Waals surface area (Å²) in [6.07, 6.45) is -8.49. The molecule has 0 bridgehead atoms. The Balaban J connectivity index is 2.99. The minimum absolute atomic E-state index is 0.0479. The summed E-state index contributed by atoms with van der Waals surface area (Å²) in [5.74, 6) is -13.8. The summed E-state index contributed by atoms with van der Waals surface area (Å²) in [6, 6.07) is 0. The Hall–Kier alpha value is -1.48. The molecule has 0 aromatic carbocycles. The Morgan fingerprint density at radius 1 is 0.857 bits per heavy atom. The van der Waals surface area contributed by atoms with Gasteiger partial charge in [0.15, 0.2) is 0 Å². The van der Waals surface area contributed by atoms with E-state index in [1.807, 2.05) is 0 Å². The SMILES string of the molecule is O=C1CCCCC(=O)OC(F)(F)C(F)(F)C(F)(F)CCO1. The van der Waals surface area contributed by atoms with Crippen LogP contribution in [0.15, 0.2) is 0 Å². The second-order valence-corrected chi connectivity index (χ2v) is 4.45. The summed E-state index contributed by atoms with van der Waals surface area (Å²) in [4.78, 5) is 22.0. The van der Waals surface area contributed by atoms with E-state index in [0.29, 0.717) is 0 Å². The molecule has 0 amide bonds. The third-order valence-corrected chi connectivity index (χ3v) is 2.76. The Morgan fingerprint density at radius 2 is 1.38 bits per heavy atom. The maximum absolute atomic E-state index is 13.2. The molecule has 21 heavy (non-hydrogen) atoms. The fourth-order valence-electron chi connectivity index (χ4n) is 1.53. The molecule has 10 heteroatoms. The van der Waals surface area contributed by atoms with Gasteiger partial charge in [-0.2, -0.15) is 26.3 Å². The molecule has 0 spiro atoms. The highest BCUT2D eigenvalue weighted by molar-refractivity contribution is 5.70. The number of carbonyl (C=O) groups excluding carboxylic acids is 2. The van der Waals surface area contributed by atoms with Crippen molar-refractivity contribution in [3.63, 3.8) is 0 Å². The molecular formula is C11H12F6O4. The first-order chi connectivity index (χ1) is 9.49. The van der Waals surface area contributed by atoms with E-state index in [2.05, 4.69) is 9.47 Å². The molecule has 1 rings (SSSR count). The van der Waals surface area contributed by atoms with E-state index >= 15 is 0 Å². The van der Waals surface area contributed by atoms with Crippen LogP contribution >= 0.6 is 0 Å². The van der Waals surface area contributed by atoms with Crippen molar-refractivity contribution in [1.29, 1.82) is 0 Å². The van der Waals surface area contributed by atoms with Crippen LogP contribution in [-0.2, 0) is 19.1 Å².